The fourth-order valence-electron chi connectivity index (χ4n) is 3.12. The highest BCUT2D eigenvalue weighted by Gasteiger charge is 2.20. The standard InChI is InChI=1S/C19H19N5O/c1-25-18-4-8-21-10-16(18)13-24-9-5-17-15(12-24)11-22-19(23-17)14-2-6-20-7-3-14/h2-4,6-8,10-11H,5,9,12-13H2,1H3. The molecular weight excluding hydrogens is 314 g/mol. The molecule has 1 aliphatic heterocycles. The van der Waals surface area contributed by atoms with E-state index in [2.05, 4.69) is 19.9 Å². The lowest BCUT2D eigenvalue weighted by molar-refractivity contribution is 0.239. The molecule has 0 atom stereocenters. The Morgan fingerprint density at radius 1 is 1.08 bits per heavy atom. The highest BCUT2D eigenvalue weighted by Crippen LogP contribution is 2.24. The first-order valence-electron chi connectivity index (χ1n) is 8.28. The minimum atomic E-state index is 0.767. The quantitative estimate of drug-likeness (QED) is 0.731. The number of fused-ring (bicyclic) bond motifs is 1. The van der Waals surface area contributed by atoms with E-state index >= 15 is 0 Å². The van der Waals surface area contributed by atoms with E-state index in [1.54, 1.807) is 25.7 Å². The third-order valence-corrected chi connectivity index (χ3v) is 4.42. The number of ether oxygens (including phenoxy) is 1. The van der Waals surface area contributed by atoms with Gasteiger partial charge in [-0.25, -0.2) is 9.97 Å². The van der Waals surface area contributed by atoms with Gasteiger partial charge in [0.05, 0.1) is 12.8 Å². The van der Waals surface area contributed by atoms with Crippen LogP contribution in [0.15, 0.2) is 49.2 Å². The summed E-state index contributed by atoms with van der Waals surface area (Å²) in [6, 6.07) is 5.77. The normalized spacial score (nSPS) is 14.1. The van der Waals surface area contributed by atoms with Gasteiger partial charge in [-0.05, 0) is 18.2 Å². The molecular formula is C19H19N5O. The zero-order valence-corrected chi connectivity index (χ0v) is 14.1. The van der Waals surface area contributed by atoms with Gasteiger partial charge in [0, 0.05) is 73.7 Å². The average Bonchev–Trinajstić information content (AvgIpc) is 2.68. The number of nitrogens with zero attached hydrogens (tertiary/aromatic N) is 5. The Morgan fingerprint density at radius 3 is 2.76 bits per heavy atom. The van der Waals surface area contributed by atoms with Crippen LogP contribution in [-0.4, -0.2) is 38.5 Å². The van der Waals surface area contributed by atoms with E-state index in [0.717, 1.165) is 54.4 Å². The maximum Gasteiger partial charge on any atom is 0.159 e. The number of rotatable bonds is 4. The van der Waals surface area contributed by atoms with Gasteiger partial charge in [-0.15, -0.1) is 0 Å². The summed E-state index contributed by atoms with van der Waals surface area (Å²) in [4.78, 5) is 19.9. The van der Waals surface area contributed by atoms with Crippen LogP contribution in [0.4, 0.5) is 0 Å². The van der Waals surface area contributed by atoms with E-state index in [4.69, 9.17) is 9.72 Å². The van der Waals surface area contributed by atoms with Crippen molar-refractivity contribution in [3.63, 3.8) is 0 Å². The predicted molar refractivity (Wildman–Crippen MR) is 93.9 cm³/mol. The second-order valence-electron chi connectivity index (χ2n) is 6.05. The molecule has 0 bridgehead atoms. The predicted octanol–water partition coefficient (Wildman–Crippen LogP) is 2.50. The monoisotopic (exact) mass is 333 g/mol. The van der Waals surface area contributed by atoms with E-state index < -0.39 is 0 Å². The number of hydrogen-bond donors (Lipinski definition) is 0. The number of pyridine rings is 2. The van der Waals surface area contributed by atoms with Gasteiger partial charge >= 0.3 is 0 Å². The van der Waals surface area contributed by atoms with Crippen molar-refractivity contribution in [2.45, 2.75) is 19.5 Å². The lowest BCUT2D eigenvalue weighted by atomic mass is 10.1. The first-order chi connectivity index (χ1) is 12.3. The molecule has 25 heavy (non-hydrogen) atoms. The maximum absolute atomic E-state index is 5.42. The molecule has 0 radical (unpaired) electrons. The Balaban J connectivity index is 1.52. The van der Waals surface area contributed by atoms with Crippen molar-refractivity contribution in [2.24, 2.45) is 0 Å². The summed E-state index contributed by atoms with van der Waals surface area (Å²) in [5.41, 5.74) is 4.42. The van der Waals surface area contributed by atoms with Gasteiger partial charge in [0.2, 0.25) is 0 Å². The minimum absolute atomic E-state index is 0.767. The molecule has 0 saturated heterocycles. The SMILES string of the molecule is COc1ccncc1CN1CCc2nc(-c3ccncc3)ncc2C1. The molecule has 6 nitrogen and oxygen atoms in total. The van der Waals surface area contributed by atoms with Gasteiger partial charge in [0.15, 0.2) is 5.82 Å². The molecule has 3 aromatic heterocycles. The van der Waals surface area contributed by atoms with E-state index in [9.17, 15) is 0 Å². The van der Waals surface area contributed by atoms with Crippen molar-refractivity contribution in [1.82, 2.24) is 24.8 Å². The summed E-state index contributed by atoms with van der Waals surface area (Å²) in [6.07, 6.45) is 10.0. The Kier molecular flexibility index (Phi) is 4.35. The molecule has 0 fully saturated rings. The Hall–Kier alpha value is -2.86. The molecule has 6 heteroatoms. The van der Waals surface area contributed by atoms with E-state index in [-0.39, 0.29) is 0 Å². The molecule has 0 saturated carbocycles. The van der Waals surface area contributed by atoms with E-state index in [1.165, 1.54) is 5.56 Å². The highest BCUT2D eigenvalue weighted by molar-refractivity contribution is 5.54. The van der Waals surface area contributed by atoms with Crippen LogP contribution < -0.4 is 4.74 Å². The minimum Gasteiger partial charge on any atom is -0.496 e. The average molecular weight is 333 g/mol. The van der Waals surface area contributed by atoms with Crippen LogP contribution >= 0.6 is 0 Å². The van der Waals surface area contributed by atoms with Crippen molar-refractivity contribution < 1.29 is 4.74 Å². The molecule has 3 aromatic rings. The molecule has 0 aromatic carbocycles. The van der Waals surface area contributed by atoms with Gasteiger partial charge in [-0.2, -0.15) is 0 Å². The number of methoxy groups -OCH3 is 1. The molecule has 0 N–H and O–H groups in total. The smallest absolute Gasteiger partial charge is 0.159 e. The Labute approximate surface area is 146 Å². The second-order valence-corrected chi connectivity index (χ2v) is 6.05. The molecule has 126 valence electrons. The molecule has 0 aliphatic carbocycles. The van der Waals surface area contributed by atoms with Gasteiger partial charge in [-0.1, -0.05) is 0 Å². The molecule has 0 unspecified atom stereocenters. The van der Waals surface area contributed by atoms with Crippen molar-refractivity contribution in [1.29, 1.82) is 0 Å². The van der Waals surface area contributed by atoms with Crippen LogP contribution in [0.2, 0.25) is 0 Å². The third kappa shape index (κ3) is 3.34. The second kappa shape index (κ2) is 6.94. The maximum atomic E-state index is 5.42. The first kappa shape index (κ1) is 15.7. The van der Waals surface area contributed by atoms with Crippen LogP contribution in [-0.2, 0) is 19.5 Å². The highest BCUT2D eigenvalue weighted by atomic mass is 16.5. The van der Waals surface area contributed by atoms with Crippen molar-refractivity contribution >= 4 is 0 Å². The Bertz CT molecular complexity index is 869. The molecule has 1 aliphatic rings. The van der Waals surface area contributed by atoms with Crippen LogP contribution in [0.3, 0.4) is 0 Å². The molecule has 4 rings (SSSR count). The zero-order chi connectivity index (χ0) is 17.1. The van der Waals surface area contributed by atoms with Crippen LogP contribution in [0.1, 0.15) is 16.8 Å². The van der Waals surface area contributed by atoms with Gasteiger partial charge in [0.1, 0.15) is 5.75 Å². The van der Waals surface area contributed by atoms with Crippen molar-refractivity contribution in [3.8, 4) is 17.1 Å². The van der Waals surface area contributed by atoms with E-state index in [1.807, 2.05) is 30.6 Å². The molecule has 0 spiro atoms. The largest absolute Gasteiger partial charge is 0.496 e. The molecule has 4 heterocycles. The van der Waals surface area contributed by atoms with Crippen LogP contribution in [0, 0.1) is 0 Å². The van der Waals surface area contributed by atoms with Crippen LogP contribution in [0.25, 0.3) is 11.4 Å². The van der Waals surface area contributed by atoms with Crippen molar-refractivity contribution in [2.75, 3.05) is 13.7 Å². The summed E-state index contributed by atoms with van der Waals surface area (Å²) in [5.74, 6) is 1.65. The van der Waals surface area contributed by atoms with Crippen molar-refractivity contribution in [3.05, 3.63) is 66.0 Å². The number of hydrogen-bond acceptors (Lipinski definition) is 6. The fourth-order valence-corrected chi connectivity index (χ4v) is 3.12. The number of aromatic nitrogens is 4. The summed E-state index contributed by atoms with van der Waals surface area (Å²) in [5, 5.41) is 0. The summed E-state index contributed by atoms with van der Waals surface area (Å²) in [6.45, 7) is 2.60. The lowest BCUT2D eigenvalue weighted by Crippen LogP contribution is -2.31. The van der Waals surface area contributed by atoms with Gasteiger partial charge in [-0.3, -0.25) is 14.9 Å². The summed E-state index contributed by atoms with van der Waals surface area (Å²) in [7, 11) is 1.69. The Morgan fingerprint density at radius 2 is 1.92 bits per heavy atom. The van der Waals surface area contributed by atoms with Gasteiger partial charge < -0.3 is 4.74 Å². The molecule has 0 amide bonds. The summed E-state index contributed by atoms with van der Waals surface area (Å²) < 4.78 is 5.42. The lowest BCUT2D eigenvalue weighted by Gasteiger charge is -2.28. The van der Waals surface area contributed by atoms with Crippen LogP contribution in [0.5, 0.6) is 5.75 Å². The first-order valence-corrected chi connectivity index (χ1v) is 8.28. The fraction of sp³-hybridized carbons (Fsp3) is 0.263. The van der Waals surface area contributed by atoms with E-state index in [0.29, 0.717) is 0 Å². The summed E-state index contributed by atoms with van der Waals surface area (Å²) >= 11 is 0. The third-order valence-electron chi connectivity index (χ3n) is 4.42. The topological polar surface area (TPSA) is 64.0 Å². The van der Waals surface area contributed by atoms with Gasteiger partial charge in [0.25, 0.3) is 0 Å². The zero-order valence-electron chi connectivity index (χ0n) is 14.1.